The number of alkyl halides is 6. The van der Waals surface area contributed by atoms with Crippen molar-refractivity contribution in [2.24, 2.45) is 0 Å². The quantitative estimate of drug-likeness (QED) is 0.666. The Labute approximate surface area is 172 Å². The van der Waals surface area contributed by atoms with Gasteiger partial charge < -0.3 is 5.32 Å². The molecule has 0 aliphatic heterocycles. The van der Waals surface area contributed by atoms with Crippen molar-refractivity contribution >= 4 is 15.7 Å². The lowest BCUT2D eigenvalue weighted by atomic mass is 9.92. The molecule has 0 unspecified atom stereocenters. The summed E-state index contributed by atoms with van der Waals surface area (Å²) in [6.07, 6.45) is -9.97. The summed E-state index contributed by atoms with van der Waals surface area (Å²) in [5.41, 5.74) is -3.19. The van der Waals surface area contributed by atoms with E-state index >= 15 is 0 Å². The van der Waals surface area contributed by atoms with Crippen molar-refractivity contribution < 1.29 is 43.9 Å². The Bertz CT molecular complexity index is 1100. The van der Waals surface area contributed by atoms with Crippen LogP contribution < -0.4 is 5.32 Å². The van der Waals surface area contributed by atoms with E-state index in [9.17, 15) is 43.9 Å². The monoisotopic (exact) mass is 469 g/mol. The molecular formula is C19H14F7NO3S. The molecule has 2 aromatic rings. The maximum Gasteiger partial charge on any atom is 0.419 e. The van der Waals surface area contributed by atoms with E-state index < -0.39 is 66.8 Å². The molecule has 0 radical (unpaired) electrons. The Hall–Kier alpha value is -2.63. The highest BCUT2D eigenvalue weighted by Gasteiger charge is 2.41. The van der Waals surface area contributed by atoms with Crippen molar-refractivity contribution in [3.05, 3.63) is 65.0 Å². The third kappa shape index (κ3) is 4.83. The van der Waals surface area contributed by atoms with Crippen LogP contribution >= 0.6 is 0 Å². The zero-order chi connectivity index (χ0) is 23.2. The van der Waals surface area contributed by atoms with Gasteiger partial charge in [0.05, 0.1) is 21.3 Å². The summed E-state index contributed by atoms with van der Waals surface area (Å²) >= 11 is 0. The number of rotatable bonds is 4. The maximum atomic E-state index is 13.3. The molecule has 0 aromatic heterocycles. The number of nitrogens with one attached hydrogen (secondary N) is 1. The first kappa shape index (κ1) is 23.0. The molecule has 1 N–H and O–H groups in total. The Kier molecular flexibility index (Phi) is 5.80. The molecule has 3 rings (SSSR count). The molecule has 1 saturated carbocycles. The summed E-state index contributed by atoms with van der Waals surface area (Å²) in [5, 5.41) is 1.29. The van der Waals surface area contributed by atoms with E-state index in [1.807, 2.05) is 0 Å². The Balaban J connectivity index is 1.67. The molecule has 12 heteroatoms. The number of amides is 1. The second kappa shape index (κ2) is 7.81. The highest BCUT2D eigenvalue weighted by atomic mass is 32.2. The van der Waals surface area contributed by atoms with Crippen molar-refractivity contribution in [1.82, 2.24) is 5.32 Å². The number of halogens is 7. The molecule has 0 bridgehead atoms. The zero-order valence-corrected chi connectivity index (χ0v) is 16.2. The van der Waals surface area contributed by atoms with E-state index in [0.29, 0.717) is 18.2 Å². The summed E-state index contributed by atoms with van der Waals surface area (Å²) in [6.45, 7) is 0. The van der Waals surface area contributed by atoms with E-state index in [1.54, 1.807) is 0 Å². The molecule has 168 valence electrons. The molecule has 1 aliphatic carbocycles. The van der Waals surface area contributed by atoms with Crippen LogP contribution in [0.2, 0.25) is 0 Å². The fourth-order valence-electron chi connectivity index (χ4n) is 3.13. The number of carbonyl (C=O) groups is 1. The number of hydrogen-bond acceptors (Lipinski definition) is 3. The Morgan fingerprint density at radius 2 is 1.58 bits per heavy atom. The maximum absolute atomic E-state index is 13.3. The molecule has 4 nitrogen and oxygen atoms in total. The van der Waals surface area contributed by atoms with E-state index in [-0.39, 0.29) is 12.8 Å². The Morgan fingerprint density at radius 3 is 2.16 bits per heavy atom. The molecular weight excluding hydrogens is 455 g/mol. The number of benzene rings is 2. The fraction of sp³-hybridized carbons (Fsp3) is 0.316. The van der Waals surface area contributed by atoms with Gasteiger partial charge in [0.15, 0.2) is 9.84 Å². The number of carbonyl (C=O) groups excluding carboxylic acids is 1. The first-order valence-electron chi connectivity index (χ1n) is 8.78. The highest BCUT2D eigenvalue weighted by Crippen LogP contribution is 2.36. The predicted octanol–water partition coefficient (Wildman–Crippen LogP) is 4.60. The molecule has 1 amide bonds. The van der Waals surface area contributed by atoms with E-state index in [1.165, 1.54) is 0 Å². The van der Waals surface area contributed by atoms with Gasteiger partial charge in [-0.05, 0) is 49.2 Å². The average Bonchev–Trinajstić information content (AvgIpc) is 2.62. The lowest BCUT2D eigenvalue weighted by Gasteiger charge is -2.35. The van der Waals surface area contributed by atoms with Gasteiger partial charge in [0.25, 0.3) is 5.91 Å². The molecule has 1 aliphatic rings. The lowest BCUT2D eigenvalue weighted by Crippen LogP contribution is -2.49. The van der Waals surface area contributed by atoms with Crippen molar-refractivity contribution in [2.45, 2.75) is 41.4 Å². The molecule has 31 heavy (non-hydrogen) atoms. The van der Waals surface area contributed by atoms with Crippen molar-refractivity contribution in [2.75, 3.05) is 0 Å². The predicted molar refractivity (Wildman–Crippen MR) is 94.3 cm³/mol. The molecule has 0 spiro atoms. The molecule has 0 heterocycles. The summed E-state index contributed by atoms with van der Waals surface area (Å²) < 4.78 is 115. The van der Waals surface area contributed by atoms with Gasteiger partial charge in [-0.25, -0.2) is 12.8 Å². The van der Waals surface area contributed by atoms with E-state index in [4.69, 9.17) is 0 Å². The third-order valence-electron chi connectivity index (χ3n) is 4.89. The van der Waals surface area contributed by atoms with Crippen LogP contribution in [0.5, 0.6) is 0 Å². The summed E-state index contributed by atoms with van der Waals surface area (Å²) in [7, 11) is -4.10. The van der Waals surface area contributed by atoms with Gasteiger partial charge in [-0.15, -0.1) is 0 Å². The minimum absolute atomic E-state index is 0.127. The molecule has 2 aromatic carbocycles. The van der Waals surface area contributed by atoms with Crippen LogP contribution in [0.1, 0.15) is 34.3 Å². The van der Waals surface area contributed by atoms with Crippen LogP contribution in [-0.2, 0) is 22.2 Å². The van der Waals surface area contributed by atoms with Gasteiger partial charge >= 0.3 is 12.4 Å². The van der Waals surface area contributed by atoms with Gasteiger partial charge in [-0.1, -0.05) is 6.07 Å². The van der Waals surface area contributed by atoms with Crippen LogP contribution in [0, 0.1) is 5.82 Å². The van der Waals surface area contributed by atoms with Crippen LogP contribution in [0.25, 0.3) is 0 Å². The fourth-order valence-corrected chi connectivity index (χ4v) is 5.05. The standard InChI is InChI=1S/C19H14F7NO3S/c20-16-5-4-10(6-15(16)19(24,25)26)17(28)27-12-8-14(9-12)31(29,30)13-3-1-2-11(7-13)18(21,22)23/h1-7,12,14H,8-9H2,(H,27,28)/t12-,14-. The SMILES string of the molecule is O=C(N[C@H]1C[C@H](S(=O)(=O)c2cccc(C(F)(F)F)c2)C1)c1ccc(F)c(C(F)(F)F)c1. The summed E-state index contributed by atoms with van der Waals surface area (Å²) in [5.74, 6) is -2.50. The smallest absolute Gasteiger partial charge is 0.349 e. The van der Waals surface area contributed by atoms with E-state index in [0.717, 1.165) is 24.3 Å². The topological polar surface area (TPSA) is 63.2 Å². The van der Waals surface area contributed by atoms with Crippen LogP contribution in [0.15, 0.2) is 47.4 Å². The molecule has 0 saturated heterocycles. The second-order valence-corrected chi connectivity index (χ2v) is 9.25. The van der Waals surface area contributed by atoms with Crippen molar-refractivity contribution in [1.29, 1.82) is 0 Å². The summed E-state index contributed by atoms with van der Waals surface area (Å²) in [4.78, 5) is 11.6. The normalized spacial score (nSPS) is 19.6. The molecule has 1 fully saturated rings. The van der Waals surface area contributed by atoms with Crippen molar-refractivity contribution in [3.63, 3.8) is 0 Å². The lowest BCUT2D eigenvalue weighted by molar-refractivity contribution is -0.140. The average molecular weight is 469 g/mol. The van der Waals surface area contributed by atoms with Gasteiger partial charge in [-0.3, -0.25) is 4.79 Å². The van der Waals surface area contributed by atoms with Crippen molar-refractivity contribution in [3.8, 4) is 0 Å². The Morgan fingerprint density at radius 1 is 0.935 bits per heavy atom. The minimum Gasteiger partial charge on any atom is -0.349 e. The first-order valence-corrected chi connectivity index (χ1v) is 10.3. The third-order valence-corrected chi connectivity index (χ3v) is 7.07. The largest absolute Gasteiger partial charge is 0.419 e. The van der Waals surface area contributed by atoms with Gasteiger partial charge in [0, 0.05) is 11.6 Å². The summed E-state index contributed by atoms with van der Waals surface area (Å²) in [6, 6.07) is 4.26. The second-order valence-electron chi connectivity index (χ2n) is 7.03. The number of sulfone groups is 1. The van der Waals surface area contributed by atoms with E-state index in [2.05, 4.69) is 5.32 Å². The molecule has 0 atom stereocenters. The van der Waals surface area contributed by atoms with Gasteiger partial charge in [-0.2, -0.15) is 26.3 Å². The van der Waals surface area contributed by atoms with Gasteiger partial charge in [0.1, 0.15) is 5.82 Å². The number of hydrogen-bond donors (Lipinski definition) is 1. The highest BCUT2D eigenvalue weighted by molar-refractivity contribution is 7.92. The van der Waals surface area contributed by atoms with Crippen LogP contribution in [0.3, 0.4) is 0 Å². The first-order chi connectivity index (χ1) is 14.2. The van der Waals surface area contributed by atoms with Crippen LogP contribution in [-0.4, -0.2) is 25.6 Å². The van der Waals surface area contributed by atoms with Crippen LogP contribution in [0.4, 0.5) is 30.7 Å². The minimum atomic E-state index is -5.00. The zero-order valence-electron chi connectivity index (χ0n) is 15.4. The van der Waals surface area contributed by atoms with Gasteiger partial charge in [0.2, 0.25) is 0 Å².